The van der Waals surface area contributed by atoms with Gasteiger partial charge in [0.05, 0.1) is 0 Å². The van der Waals surface area contributed by atoms with E-state index in [9.17, 15) is 0 Å². The van der Waals surface area contributed by atoms with Gasteiger partial charge in [0, 0.05) is 11.1 Å². The predicted octanol–water partition coefficient (Wildman–Crippen LogP) is 13.4. The van der Waals surface area contributed by atoms with Crippen LogP contribution < -0.4 is 13.6 Å². The highest BCUT2D eigenvalue weighted by molar-refractivity contribution is 7.49. The molecule has 0 aliphatic rings. The molecule has 4 nitrogen and oxygen atoms in total. The molecule has 0 fully saturated rings. The Morgan fingerprint density at radius 1 is 0.511 bits per heavy atom. The van der Waals surface area contributed by atoms with Crippen LogP contribution in [0.4, 0.5) is 0 Å². The first kappa shape index (κ1) is 38.7. The van der Waals surface area contributed by atoms with Crippen molar-refractivity contribution in [2.75, 3.05) is 0 Å². The van der Waals surface area contributed by atoms with Crippen molar-refractivity contribution in [1.29, 1.82) is 0 Å². The highest BCUT2D eigenvalue weighted by Gasteiger charge is 2.39. The standard InChI is InChI=1S/C42H63O4P/c1-14-15-16-17-18-19-22-31-27-29-32(30-28-31)44-47(43,45-35-25-20-23-33(39(2,3)4)37(35)41(8,9)10)46-36-26-21-24-34(40(5,6)7)38(36)42(11,12)13/h20-21,23-30H,14-19,22H2,1-13H3. The van der Waals surface area contributed by atoms with Gasteiger partial charge in [0.1, 0.15) is 17.2 Å². The van der Waals surface area contributed by atoms with E-state index in [0.29, 0.717) is 17.2 Å². The Kier molecular flexibility index (Phi) is 12.6. The van der Waals surface area contributed by atoms with Crippen LogP contribution in [0.15, 0.2) is 60.7 Å². The molecule has 0 heterocycles. The van der Waals surface area contributed by atoms with Crippen LogP contribution in [0, 0.1) is 0 Å². The smallest absolute Gasteiger partial charge is 0.386 e. The number of rotatable bonds is 13. The molecule has 0 aliphatic carbocycles. The molecule has 3 aromatic rings. The molecular formula is C42H63O4P. The molecule has 47 heavy (non-hydrogen) atoms. The van der Waals surface area contributed by atoms with Crippen LogP contribution in [-0.4, -0.2) is 0 Å². The average Bonchev–Trinajstić information content (AvgIpc) is 2.93. The number of phosphoric ester groups is 1. The molecule has 5 heteroatoms. The summed E-state index contributed by atoms with van der Waals surface area (Å²) in [6, 6.07) is 19.9. The predicted molar refractivity (Wildman–Crippen MR) is 201 cm³/mol. The van der Waals surface area contributed by atoms with E-state index in [1.165, 1.54) is 37.7 Å². The topological polar surface area (TPSA) is 44.8 Å². The van der Waals surface area contributed by atoms with Crippen LogP contribution in [0.1, 0.15) is 156 Å². The minimum atomic E-state index is -4.27. The lowest BCUT2D eigenvalue weighted by molar-refractivity contribution is 0.292. The first-order valence-electron chi connectivity index (χ1n) is 17.7. The lowest BCUT2D eigenvalue weighted by atomic mass is 9.75. The SMILES string of the molecule is CCCCCCCCc1ccc(OP(=O)(Oc2cccc(C(C)(C)C)c2C(C)(C)C)Oc2cccc(C(C)(C)C)c2C(C)(C)C)cc1. The van der Waals surface area contributed by atoms with Crippen LogP contribution in [0.2, 0.25) is 0 Å². The van der Waals surface area contributed by atoms with Gasteiger partial charge in [-0.3, -0.25) is 0 Å². The average molecular weight is 663 g/mol. The zero-order valence-electron chi connectivity index (χ0n) is 31.8. The van der Waals surface area contributed by atoms with E-state index >= 15 is 4.57 Å². The van der Waals surface area contributed by atoms with E-state index in [1.54, 1.807) is 0 Å². The molecule has 0 amide bonds. The third kappa shape index (κ3) is 10.9. The molecule has 0 aliphatic heterocycles. The minimum Gasteiger partial charge on any atom is -0.386 e. The molecule has 0 radical (unpaired) electrons. The monoisotopic (exact) mass is 662 g/mol. The first-order chi connectivity index (χ1) is 21.7. The van der Waals surface area contributed by atoms with Gasteiger partial charge >= 0.3 is 7.82 Å². The zero-order chi connectivity index (χ0) is 35.3. The van der Waals surface area contributed by atoms with E-state index < -0.39 is 7.82 Å². The second-order valence-corrected chi connectivity index (χ2v) is 18.7. The molecule has 3 rings (SSSR count). The fourth-order valence-electron chi connectivity index (χ4n) is 6.26. The van der Waals surface area contributed by atoms with Crippen LogP contribution in [-0.2, 0) is 32.6 Å². The molecular weight excluding hydrogens is 599 g/mol. The maximum atomic E-state index is 15.1. The van der Waals surface area contributed by atoms with E-state index in [0.717, 1.165) is 35.1 Å². The zero-order valence-corrected chi connectivity index (χ0v) is 32.7. The van der Waals surface area contributed by atoms with Crippen molar-refractivity contribution in [3.8, 4) is 17.2 Å². The molecule has 0 unspecified atom stereocenters. The van der Waals surface area contributed by atoms with Crippen LogP contribution in [0.5, 0.6) is 17.2 Å². The molecule has 0 aromatic heterocycles. The summed E-state index contributed by atoms with van der Waals surface area (Å²) in [7, 11) is -4.27. The fourth-order valence-corrected chi connectivity index (χ4v) is 7.54. The Morgan fingerprint density at radius 3 is 1.34 bits per heavy atom. The molecule has 0 atom stereocenters. The van der Waals surface area contributed by atoms with Gasteiger partial charge in [0.25, 0.3) is 0 Å². The van der Waals surface area contributed by atoms with Crippen molar-refractivity contribution in [2.24, 2.45) is 0 Å². The summed E-state index contributed by atoms with van der Waals surface area (Å²) in [5, 5.41) is 0. The normalized spacial score (nSPS) is 13.0. The Hall–Kier alpha value is -2.71. The summed E-state index contributed by atoms with van der Waals surface area (Å²) in [6.07, 6.45) is 8.58. The number of hydrogen-bond donors (Lipinski definition) is 0. The Balaban J connectivity index is 2.08. The van der Waals surface area contributed by atoms with Crippen molar-refractivity contribution in [2.45, 2.75) is 157 Å². The fraction of sp³-hybridized carbons (Fsp3) is 0.571. The van der Waals surface area contributed by atoms with Crippen LogP contribution >= 0.6 is 7.82 Å². The van der Waals surface area contributed by atoms with Gasteiger partial charge in [0.2, 0.25) is 0 Å². The largest absolute Gasteiger partial charge is 0.647 e. The van der Waals surface area contributed by atoms with Gasteiger partial charge in [-0.2, -0.15) is 4.57 Å². The molecule has 0 saturated heterocycles. The van der Waals surface area contributed by atoms with Gasteiger partial charge in [-0.1, -0.05) is 159 Å². The molecule has 0 spiro atoms. The van der Waals surface area contributed by atoms with Crippen molar-refractivity contribution >= 4 is 7.82 Å². The van der Waals surface area contributed by atoms with Gasteiger partial charge in [-0.15, -0.1) is 0 Å². The summed E-state index contributed by atoms with van der Waals surface area (Å²) in [4.78, 5) is 0. The summed E-state index contributed by atoms with van der Waals surface area (Å²) in [6.45, 7) is 28.3. The Labute approximate surface area is 287 Å². The molecule has 3 aromatic carbocycles. The van der Waals surface area contributed by atoms with Gasteiger partial charge < -0.3 is 13.6 Å². The Bertz CT molecular complexity index is 1410. The highest BCUT2D eigenvalue weighted by atomic mass is 31.2. The number of unbranched alkanes of at least 4 members (excludes halogenated alkanes) is 5. The van der Waals surface area contributed by atoms with Crippen molar-refractivity contribution in [1.82, 2.24) is 0 Å². The maximum absolute atomic E-state index is 15.1. The number of aryl methyl sites for hydroxylation is 1. The summed E-state index contributed by atoms with van der Waals surface area (Å²) < 4.78 is 34.5. The van der Waals surface area contributed by atoms with Crippen molar-refractivity contribution < 1.29 is 18.1 Å². The Morgan fingerprint density at radius 2 is 0.936 bits per heavy atom. The summed E-state index contributed by atoms with van der Waals surface area (Å²) in [5.74, 6) is 1.48. The molecule has 0 bridgehead atoms. The maximum Gasteiger partial charge on any atom is 0.647 e. The second kappa shape index (κ2) is 15.2. The van der Waals surface area contributed by atoms with Gasteiger partial charge in [-0.05, 0) is 75.5 Å². The van der Waals surface area contributed by atoms with Crippen molar-refractivity contribution in [3.05, 3.63) is 88.5 Å². The van der Waals surface area contributed by atoms with E-state index in [1.807, 2.05) is 36.4 Å². The third-order valence-corrected chi connectivity index (χ3v) is 9.82. The summed E-state index contributed by atoms with van der Waals surface area (Å²) >= 11 is 0. The molecule has 260 valence electrons. The minimum absolute atomic E-state index is 0.153. The number of hydrogen-bond acceptors (Lipinski definition) is 4. The van der Waals surface area contributed by atoms with Crippen LogP contribution in [0.25, 0.3) is 0 Å². The van der Waals surface area contributed by atoms with E-state index in [-0.39, 0.29) is 21.7 Å². The molecule has 0 saturated carbocycles. The van der Waals surface area contributed by atoms with E-state index in [2.05, 4.69) is 114 Å². The van der Waals surface area contributed by atoms with Crippen molar-refractivity contribution in [3.63, 3.8) is 0 Å². The van der Waals surface area contributed by atoms with Gasteiger partial charge in [0.15, 0.2) is 0 Å². The first-order valence-corrected chi connectivity index (χ1v) is 19.2. The van der Waals surface area contributed by atoms with Crippen LogP contribution in [0.3, 0.4) is 0 Å². The number of phosphoric acid groups is 1. The quantitative estimate of drug-likeness (QED) is 0.135. The lowest BCUT2D eigenvalue weighted by Crippen LogP contribution is -2.24. The number of benzene rings is 3. The second-order valence-electron chi connectivity index (χ2n) is 17.2. The molecule has 0 N–H and O–H groups in total. The van der Waals surface area contributed by atoms with Gasteiger partial charge in [-0.25, -0.2) is 0 Å². The third-order valence-electron chi connectivity index (χ3n) is 8.55. The highest BCUT2D eigenvalue weighted by Crippen LogP contribution is 2.54. The van der Waals surface area contributed by atoms with E-state index in [4.69, 9.17) is 13.6 Å². The summed E-state index contributed by atoms with van der Waals surface area (Å²) in [5.41, 5.74) is 4.62. The lowest BCUT2D eigenvalue weighted by Gasteiger charge is -2.34.